The molecule has 1 unspecified atom stereocenters. The van der Waals surface area contributed by atoms with Crippen LogP contribution in [0.4, 0.5) is 0 Å². The zero-order valence-corrected chi connectivity index (χ0v) is 13.2. The first-order valence-corrected chi connectivity index (χ1v) is 8.43. The maximum atomic E-state index is 5.83. The van der Waals surface area contributed by atoms with E-state index in [0.717, 1.165) is 49.5 Å². The number of aromatic nitrogens is 3. The van der Waals surface area contributed by atoms with Crippen molar-refractivity contribution in [3.63, 3.8) is 0 Å². The number of hydrogen-bond acceptors (Lipinski definition) is 4. The molecule has 0 saturated carbocycles. The summed E-state index contributed by atoms with van der Waals surface area (Å²) >= 11 is 0. The number of rotatable bonds is 3. The van der Waals surface area contributed by atoms with Crippen molar-refractivity contribution in [3.8, 4) is 0 Å². The monoisotopic (exact) mass is 300 g/mol. The second-order valence-corrected chi connectivity index (χ2v) is 6.62. The molecule has 0 N–H and O–H groups in total. The number of imidazole rings is 1. The lowest BCUT2D eigenvalue weighted by Gasteiger charge is -2.31. The zero-order chi connectivity index (χ0) is 14.9. The van der Waals surface area contributed by atoms with Gasteiger partial charge >= 0.3 is 0 Å². The van der Waals surface area contributed by atoms with Crippen LogP contribution in [0.25, 0.3) is 11.2 Å². The highest BCUT2D eigenvalue weighted by Crippen LogP contribution is 2.29. The third-order valence-electron chi connectivity index (χ3n) is 5.01. The van der Waals surface area contributed by atoms with E-state index in [1.165, 1.54) is 19.3 Å². The predicted octanol–water partition coefficient (Wildman–Crippen LogP) is 2.42. The Kier molecular flexibility index (Phi) is 3.84. The lowest BCUT2D eigenvalue weighted by atomic mass is 10.0. The van der Waals surface area contributed by atoms with Crippen molar-refractivity contribution in [3.05, 3.63) is 24.2 Å². The molecular formula is C17H24N4O. The molecule has 0 bridgehead atoms. The molecule has 2 fully saturated rings. The van der Waals surface area contributed by atoms with Crippen LogP contribution in [0.5, 0.6) is 0 Å². The standard InChI is InChI=1S/C17H24N4O/c1-20-9-6-13(7-10-20)21-16(12-14-4-3-11-22-14)19-15-5-2-8-18-17(15)21/h2,5,8,13-14H,3-4,6-7,9-12H2,1H3. The van der Waals surface area contributed by atoms with Gasteiger partial charge in [-0.05, 0) is 58.0 Å². The van der Waals surface area contributed by atoms with Gasteiger partial charge in [0.1, 0.15) is 11.3 Å². The molecule has 5 heteroatoms. The van der Waals surface area contributed by atoms with Gasteiger partial charge in [0.25, 0.3) is 0 Å². The molecule has 2 aromatic heterocycles. The minimum atomic E-state index is 0.335. The molecular weight excluding hydrogens is 276 g/mol. The molecule has 0 aliphatic carbocycles. The molecule has 2 aromatic rings. The van der Waals surface area contributed by atoms with Gasteiger partial charge < -0.3 is 14.2 Å². The Labute approximate surface area is 131 Å². The number of ether oxygens (including phenoxy) is 1. The van der Waals surface area contributed by atoms with Crippen LogP contribution in [0.2, 0.25) is 0 Å². The number of fused-ring (bicyclic) bond motifs is 1. The van der Waals surface area contributed by atoms with Gasteiger partial charge in [-0.25, -0.2) is 9.97 Å². The summed E-state index contributed by atoms with van der Waals surface area (Å²) in [6.45, 7) is 3.20. The number of piperidine rings is 1. The first-order chi connectivity index (χ1) is 10.8. The van der Waals surface area contributed by atoms with Crippen molar-refractivity contribution >= 4 is 11.2 Å². The molecule has 4 heterocycles. The summed E-state index contributed by atoms with van der Waals surface area (Å²) in [7, 11) is 2.20. The smallest absolute Gasteiger partial charge is 0.160 e. The van der Waals surface area contributed by atoms with Gasteiger partial charge in [-0.1, -0.05) is 0 Å². The Bertz CT molecular complexity index is 639. The molecule has 0 aromatic carbocycles. The normalized spacial score (nSPS) is 24.3. The number of nitrogens with zero attached hydrogens (tertiary/aromatic N) is 4. The van der Waals surface area contributed by atoms with E-state index < -0.39 is 0 Å². The number of pyridine rings is 1. The van der Waals surface area contributed by atoms with E-state index in [0.29, 0.717) is 12.1 Å². The van der Waals surface area contributed by atoms with E-state index in [1.807, 2.05) is 12.3 Å². The lowest BCUT2D eigenvalue weighted by Crippen LogP contribution is -2.32. The zero-order valence-electron chi connectivity index (χ0n) is 13.2. The fourth-order valence-corrected chi connectivity index (χ4v) is 3.77. The molecule has 2 aliphatic rings. The van der Waals surface area contributed by atoms with Crippen LogP contribution in [-0.4, -0.2) is 52.3 Å². The Morgan fingerprint density at radius 1 is 1.27 bits per heavy atom. The van der Waals surface area contributed by atoms with Gasteiger partial charge in [0.15, 0.2) is 5.65 Å². The quantitative estimate of drug-likeness (QED) is 0.873. The van der Waals surface area contributed by atoms with Crippen LogP contribution in [-0.2, 0) is 11.2 Å². The summed E-state index contributed by atoms with van der Waals surface area (Å²) in [5.41, 5.74) is 2.07. The van der Waals surface area contributed by atoms with E-state index in [4.69, 9.17) is 9.72 Å². The van der Waals surface area contributed by atoms with Gasteiger partial charge in [-0.3, -0.25) is 0 Å². The SMILES string of the molecule is CN1CCC(n2c(CC3CCCO3)nc3cccnc32)CC1. The molecule has 1 atom stereocenters. The molecule has 4 rings (SSSR count). The minimum absolute atomic E-state index is 0.335. The van der Waals surface area contributed by atoms with Gasteiger partial charge in [-0.2, -0.15) is 0 Å². The van der Waals surface area contributed by atoms with Crippen LogP contribution < -0.4 is 0 Å². The van der Waals surface area contributed by atoms with Crippen molar-refractivity contribution in [1.82, 2.24) is 19.4 Å². The third kappa shape index (κ3) is 2.63. The average Bonchev–Trinajstić information content (AvgIpc) is 3.16. The van der Waals surface area contributed by atoms with E-state index >= 15 is 0 Å². The molecule has 0 amide bonds. The summed E-state index contributed by atoms with van der Waals surface area (Å²) in [6, 6.07) is 4.57. The maximum absolute atomic E-state index is 5.83. The van der Waals surface area contributed by atoms with Crippen molar-refractivity contribution in [1.29, 1.82) is 0 Å². The molecule has 2 aliphatic heterocycles. The van der Waals surface area contributed by atoms with Crippen LogP contribution in [0.15, 0.2) is 18.3 Å². The Balaban J connectivity index is 1.69. The molecule has 22 heavy (non-hydrogen) atoms. The Hall–Kier alpha value is -1.46. The highest BCUT2D eigenvalue weighted by molar-refractivity contribution is 5.71. The van der Waals surface area contributed by atoms with Gasteiger partial charge in [0.05, 0.1) is 6.10 Å². The van der Waals surface area contributed by atoms with E-state index in [2.05, 4.69) is 27.6 Å². The number of likely N-dealkylation sites (tertiary alicyclic amines) is 1. The molecule has 118 valence electrons. The van der Waals surface area contributed by atoms with Gasteiger partial charge in [-0.15, -0.1) is 0 Å². The predicted molar refractivity (Wildman–Crippen MR) is 86.0 cm³/mol. The maximum Gasteiger partial charge on any atom is 0.160 e. The van der Waals surface area contributed by atoms with Crippen molar-refractivity contribution in [2.24, 2.45) is 0 Å². The van der Waals surface area contributed by atoms with E-state index in [1.54, 1.807) is 0 Å². The summed E-state index contributed by atoms with van der Waals surface area (Å²) in [4.78, 5) is 11.9. The molecule has 5 nitrogen and oxygen atoms in total. The number of hydrogen-bond donors (Lipinski definition) is 0. The Morgan fingerprint density at radius 3 is 2.91 bits per heavy atom. The largest absolute Gasteiger partial charge is 0.378 e. The summed E-state index contributed by atoms with van der Waals surface area (Å²) < 4.78 is 8.24. The topological polar surface area (TPSA) is 43.2 Å². The Morgan fingerprint density at radius 2 is 2.14 bits per heavy atom. The highest BCUT2D eigenvalue weighted by atomic mass is 16.5. The van der Waals surface area contributed by atoms with Crippen molar-refractivity contribution in [2.45, 2.75) is 44.2 Å². The second kappa shape index (κ2) is 5.97. The first kappa shape index (κ1) is 14.2. The fraction of sp³-hybridized carbons (Fsp3) is 0.647. The van der Waals surface area contributed by atoms with Gasteiger partial charge in [0, 0.05) is 25.3 Å². The van der Waals surface area contributed by atoms with E-state index in [-0.39, 0.29) is 0 Å². The summed E-state index contributed by atoms with van der Waals surface area (Å²) in [5.74, 6) is 1.16. The summed E-state index contributed by atoms with van der Waals surface area (Å²) in [6.07, 6.45) is 7.82. The second-order valence-electron chi connectivity index (χ2n) is 6.62. The average molecular weight is 300 g/mol. The van der Waals surface area contributed by atoms with Crippen LogP contribution >= 0.6 is 0 Å². The fourth-order valence-electron chi connectivity index (χ4n) is 3.77. The lowest BCUT2D eigenvalue weighted by molar-refractivity contribution is 0.108. The first-order valence-electron chi connectivity index (χ1n) is 8.43. The van der Waals surface area contributed by atoms with Crippen molar-refractivity contribution in [2.75, 3.05) is 26.7 Å². The molecule has 0 spiro atoms. The van der Waals surface area contributed by atoms with E-state index in [9.17, 15) is 0 Å². The van der Waals surface area contributed by atoms with Gasteiger partial charge in [0.2, 0.25) is 0 Å². The van der Waals surface area contributed by atoms with Crippen LogP contribution in [0.3, 0.4) is 0 Å². The minimum Gasteiger partial charge on any atom is -0.378 e. The molecule has 2 saturated heterocycles. The third-order valence-corrected chi connectivity index (χ3v) is 5.01. The van der Waals surface area contributed by atoms with Crippen LogP contribution in [0.1, 0.15) is 37.5 Å². The van der Waals surface area contributed by atoms with Crippen LogP contribution in [0, 0.1) is 0 Å². The molecule has 0 radical (unpaired) electrons. The highest BCUT2D eigenvalue weighted by Gasteiger charge is 2.26. The van der Waals surface area contributed by atoms with Crippen molar-refractivity contribution < 1.29 is 4.74 Å². The summed E-state index contributed by atoms with van der Waals surface area (Å²) in [5, 5.41) is 0.